The van der Waals surface area contributed by atoms with Crippen LogP contribution in [-0.4, -0.2) is 59.8 Å². The molecule has 0 radical (unpaired) electrons. The second-order valence-corrected chi connectivity index (χ2v) is 11.0. The lowest BCUT2D eigenvalue weighted by atomic mass is 9.93. The molecule has 17 heteroatoms. The first kappa shape index (κ1) is 35.5. The number of nitrogens with one attached hydrogen (secondary N) is 1. The van der Waals surface area contributed by atoms with Gasteiger partial charge >= 0.3 is 6.18 Å². The Morgan fingerprint density at radius 2 is 1.77 bits per heavy atom. The van der Waals surface area contributed by atoms with Crippen LogP contribution in [0.2, 0.25) is 10.0 Å². The Morgan fingerprint density at radius 3 is 2.36 bits per heavy atom. The van der Waals surface area contributed by atoms with E-state index in [1.807, 2.05) is 5.32 Å². The normalized spacial score (nSPS) is 13.0. The number of benzene rings is 2. The number of carbonyl (C=O) groups is 2. The molecule has 0 saturated heterocycles. The van der Waals surface area contributed by atoms with Gasteiger partial charge in [-0.1, -0.05) is 23.2 Å². The second kappa shape index (κ2) is 13.8. The first-order chi connectivity index (χ1) is 21.9. The number of aryl methyl sites for hydroxylation is 1. The minimum absolute atomic E-state index is 0.109. The Kier molecular flexibility index (Phi) is 10.4. The number of nitrogens with two attached hydrogens (primary N) is 1. The molecule has 0 spiro atoms. The largest absolute Gasteiger partial charge is 0.494 e. The number of hydrogen-bond donors (Lipinski definition) is 3. The van der Waals surface area contributed by atoms with E-state index < -0.39 is 83.1 Å². The highest BCUT2D eigenvalue weighted by atomic mass is 35.5. The monoisotopic (exact) mass is 704 g/mol. The minimum atomic E-state index is -5.53. The lowest BCUT2D eigenvalue weighted by molar-refractivity contribution is -0.265. The van der Waals surface area contributed by atoms with E-state index in [0.29, 0.717) is 22.7 Å². The van der Waals surface area contributed by atoms with Crippen LogP contribution in [-0.2, 0) is 16.8 Å². The molecule has 9 nitrogen and oxygen atoms in total. The number of rotatable bonds is 11. The number of primary amides is 1. The van der Waals surface area contributed by atoms with Crippen molar-refractivity contribution in [1.82, 2.24) is 15.3 Å². The van der Waals surface area contributed by atoms with E-state index in [1.165, 1.54) is 25.3 Å². The highest BCUT2D eigenvalue weighted by Gasteiger charge is 2.57. The van der Waals surface area contributed by atoms with Crippen molar-refractivity contribution in [2.45, 2.75) is 31.5 Å². The van der Waals surface area contributed by atoms with Crippen LogP contribution in [0, 0.1) is 12.7 Å². The third-order valence-electron chi connectivity index (χ3n) is 6.85. The van der Waals surface area contributed by atoms with Gasteiger partial charge in [0, 0.05) is 22.1 Å². The summed E-state index contributed by atoms with van der Waals surface area (Å²) in [6.45, 7) is -1.16. The summed E-state index contributed by atoms with van der Waals surface area (Å²) in [7, 11) is 1.29. The zero-order valence-corrected chi connectivity index (χ0v) is 25.8. The number of hydrogen-bond acceptors (Lipinski definition) is 7. The van der Waals surface area contributed by atoms with Gasteiger partial charge in [0.1, 0.15) is 35.1 Å². The van der Waals surface area contributed by atoms with E-state index in [-0.39, 0.29) is 21.9 Å². The molecule has 2 heterocycles. The molecule has 0 saturated carbocycles. The molecule has 0 bridgehead atoms. The van der Waals surface area contributed by atoms with Crippen molar-refractivity contribution in [1.29, 1.82) is 0 Å². The topological polar surface area (TPSA) is 137 Å². The Morgan fingerprint density at radius 1 is 1.06 bits per heavy atom. The van der Waals surface area contributed by atoms with Crippen LogP contribution in [0.25, 0.3) is 22.2 Å². The number of pyridine rings is 2. The zero-order valence-electron chi connectivity index (χ0n) is 24.3. The molecule has 0 fully saturated rings. The van der Waals surface area contributed by atoms with Crippen LogP contribution in [0.15, 0.2) is 42.5 Å². The van der Waals surface area contributed by atoms with E-state index in [0.717, 1.165) is 18.2 Å². The molecule has 47 heavy (non-hydrogen) atoms. The Hall–Kier alpha value is -4.34. The van der Waals surface area contributed by atoms with Crippen molar-refractivity contribution in [2.24, 2.45) is 5.73 Å². The summed E-state index contributed by atoms with van der Waals surface area (Å²) < 4.78 is 94.6. The Labute approximate surface area is 272 Å². The molecular formula is C30H24Cl2F6N4O5. The molecule has 2 aromatic carbocycles. The molecule has 0 aliphatic carbocycles. The first-order valence-electron chi connectivity index (χ1n) is 13.4. The smallest absolute Gasteiger partial charge is 0.424 e. The van der Waals surface area contributed by atoms with Gasteiger partial charge in [0.2, 0.25) is 11.5 Å². The number of nitrogens with zero attached hydrogens (tertiary/aromatic N) is 2. The maximum Gasteiger partial charge on any atom is 0.424 e. The lowest BCUT2D eigenvalue weighted by Crippen LogP contribution is -2.51. The minimum Gasteiger partial charge on any atom is -0.494 e. The average molecular weight is 705 g/mol. The van der Waals surface area contributed by atoms with E-state index in [4.69, 9.17) is 38.4 Å². The summed E-state index contributed by atoms with van der Waals surface area (Å²) in [4.78, 5) is 33.2. The fraction of sp³-hybridized carbons (Fsp3) is 0.267. The molecule has 2 aromatic heterocycles. The molecule has 1 atom stereocenters. The summed E-state index contributed by atoms with van der Waals surface area (Å²) in [5, 5.41) is 13.3. The van der Waals surface area contributed by atoms with Crippen LogP contribution in [0.3, 0.4) is 0 Å². The summed E-state index contributed by atoms with van der Waals surface area (Å²) in [5.41, 5.74) is -0.531. The van der Waals surface area contributed by atoms with Gasteiger partial charge in [-0.05, 0) is 49.4 Å². The van der Waals surface area contributed by atoms with Crippen molar-refractivity contribution in [3.05, 3.63) is 80.8 Å². The lowest BCUT2D eigenvalue weighted by Gasteiger charge is -2.31. The first-order valence-corrected chi connectivity index (χ1v) is 14.1. The number of aromatic nitrogens is 2. The predicted octanol–water partition coefficient (Wildman–Crippen LogP) is 5.91. The number of ether oxygens (including phenoxy) is 2. The highest BCUT2D eigenvalue weighted by molar-refractivity contribution is 6.32. The van der Waals surface area contributed by atoms with Gasteiger partial charge in [0.05, 0.1) is 41.5 Å². The zero-order chi connectivity index (χ0) is 34.8. The molecule has 0 unspecified atom stereocenters. The molecule has 0 aliphatic rings. The number of amides is 2. The quantitative estimate of drug-likeness (QED) is 0.165. The number of methoxy groups -OCH3 is 1. The molecule has 4 rings (SSSR count). The van der Waals surface area contributed by atoms with Crippen molar-refractivity contribution in [3.63, 3.8) is 0 Å². The number of fused-ring (bicyclic) bond motifs is 1. The van der Waals surface area contributed by atoms with Crippen molar-refractivity contribution < 1.29 is 50.5 Å². The van der Waals surface area contributed by atoms with Gasteiger partial charge < -0.3 is 25.6 Å². The standard InChI is InChI=1S/C30H24Cl2F6N4O5/c1-13-18(31)7-15-5-17(8-21(46-2)25(15)41-13)28(44)40-12-29(45,30(36,37)38)22-9-16(10-24(39)43)27(47-11-23(34)35)26(42-22)14-3-4-20(33)19(32)6-14/h3-9,23,45H,10-12H2,1-2H3,(H2,39,43)(H,40,44)/t29-/m0/s1. The van der Waals surface area contributed by atoms with E-state index in [9.17, 15) is 41.0 Å². The van der Waals surface area contributed by atoms with Gasteiger partial charge in [-0.15, -0.1) is 0 Å². The fourth-order valence-electron chi connectivity index (χ4n) is 4.52. The summed E-state index contributed by atoms with van der Waals surface area (Å²) >= 11 is 12.0. The van der Waals surface area contributed by atoms with E-state index >= 15 is 0 Å². The van der Waals surface area contributed by atoms with E-state index in [1.54, 1.807) is 6.92 Å². The Bertz CT molecular complexity index is 1860. The van der Waals surface area contributed by atoms with Gasteiger partial charge in [0.15, 0.2) is 0 Å². The van der Waals surface area contributed by atoms with Gasteiger partial charge in [-0.25, -0.2) is 23.1 Å². The number of alkyl halides is 5. The summed E-state index contributed by atoms with van der Waals surface area (Å²) in [6, 6.07) is 7.36. The maximum absolute atomic E-state index is 14.7. The van der Waals surface area contributed by atoms with Crippen LogP contribution in [0.1, 0.15) is 27.3 Å². The summed E-state index contributed by atoms with van der Waals surface area (Å²) in [5.74, 6) is -3.59. The van der Waals surface area contributed by atoms with Crippen molar-refractivity contribution in [3.8, 4) is 22.8 Å². The van der Waals surface area contributed by atoms with Crippen molar-refractivity contribution >= 4 is 45.9 Å². The number of aliphatic hydroxyl groups is 1. The molecule has 250 valence electrons. The van der Waals surface area contributed by atoms with Crippen LogP contribution in [0.5, 0.6) is 11.5 Å². The van der Waals surface area contributed by atoms with E-state index in [2.05, 4.69) is 9.97 Å². The average Bonchev–Trinajstić information content (AvgIpc) is 2.99. The highest BCUT2D eigenvalue weighted by Crippen LogP contribution is 2.42. The fourth-order valence-corrected chi connectivity index (χ4v) is 4.86. The summed E-state index contributed by atoms with van der Waals surface area (Å²) in [6.07, 6.45) is -9.44. The van der Waals surface area contributed by atoms with Gasteiger partial charge in [-0.3, -0.25) is 9.59 Å². The number of halogens is 8. The molecule has 0 aliphatic heterocycles. The molecule has 2 amide bonds. The Balaban J connectivity index is 1.84. The second-order valence-electron chi connectivity index (χ2n) is 10.2. The van der Waals surface area contributed by atoms with Crippen LogP contribution >= 0.6 is 23.2 Å². The molecular weight excluding hydrogens is 681 g/mol. The molecule has 4 aromatic rings. The third kappa shape index (κ3) is 7.63. The third-order valence-corrected chi connectivity index (χ3v) is 7.52. The van der Waals surface area contributed by atoms with Crippen molar-refractivity contribution in [2.75, 3.05) is 20.3 Å². The number of carbonyl (C=O) groups excluding carboxylic acids is 2. The van der Waals surface area contributed by atoms with Gasteiger partial charge in [0.25, 0.3) is 12.3 Å². The van der Waals surface area contributed by atoms with Gasteiger partial charge in [-0.2, -0.15) is 13.2 Å². The maximum atomic E-state index is 14.7. The molecule has 4 N–H and O–H groups in total. The SMILES string of the molecule is COc1cc(C(=O)NC[C@](O)(c2cc(CC(N)=O)c(OCC(F)F)c(-c3ccc(F)c(Cl)c3)n2)C(F)(F)F)cc2cc(Cl)c(C)nc12. The predicted molar refractivity (Wildman–Crippen MR) is 159 cm³/mol. The van der Waals surface area contributed by atoms with Crippen LogP contribution in [0.4, 0.5) is 26.3 Å². The van der Waals surface area contributed by atoms with Crippen LogP contribution < -0.4 is 20.5 Å².